The minimum atomic E-state index is -0.441. The van der Waals surface area contributed by atoms with Crippen LogP contribution in [0.1, 0.15) is 67.7 Å². The van der Waals surface area contributed by atoms with Crippen LogP contribution in [0.4, 0.5) is 4.79 Å². The zero-order valence-corrected chi connectivity index (χ0v) is 14.7. The lowest BCUT2D eigenvalue weighted by Crippen LogP contribution is -2.43. The molecule has 0 aromatic carbocycles. The predicted octanol–water partition coefficient (Wildman–Crippen LogP) is 3.48. The normalized spacial score (nSPS) is 21.5. The third-order valence-corrected chi connectivity index (χ3v) is 3.20. The first-order valence-electron chi connectivity index (χ1n) is 7.91. The molecule has 1 heterocycles. The molecule has 2 atom stereocenters. The molecule has 1 saturated heterocycles. The molecule has 0 aromatic rings. The number of amides is 1. The van der Waals surface area contributed by atoms with Crippen molar-refractivity contribution in [1.82, 2.24) is 10.4 Å². The number of hydrogen-bond donors (Lipinski definition) is 1. The van der Waals surface area contributed by atoms with Crippen LogP contribution in [0.3, 0.4) is 0 Å². The molecule has 2 unspecified atom stereocenters. The van der Waals surface area contributed by atoms with E-state index in [1.54, 1.807) is 0 Å². The van der Waals surface area contributed by atoms with Crippen molar-refractivity contribution in [2.75, 3.05) is 6.54 Å². The molecule has 0 aromatic heterocycles. The fourth-order valence-electron chi connectivity index (χ4n) is 2.38. The second-order valence-corrected chi connectivity index (χ2v) is 7.94. The van der Waals surface area contributed by atoms with Crippen LogP contribution in [-0.2, 0) is 9.57 Å². The van der Waals surface area contributed by atoms with E-state index >= 15 is 0 Å². The smallest absolute Gasteiger partial charge is 0.410 e. The first-order chi connectivity index (χ1) is 9.48. The van der Waals surface area contributed by atoms with E-state index in [0.717, 1.165) is 25.8 Å². The Morgan fingerprint density at radius 3 is 2.38 bits per heavy atom. The molecule has 1 aliphatic heterocycles. The largest absolute Gasteiger partial charge is 0.444 e. The van der Waals surface area contributed by atoms with E-state index < -0.39 is 5.60 Å². The highest BCUT2D eigenvalue weighted by atomic mass is 16.7. The highest BCUT2D eigenvalue weighted by Crippen LogP contribution is 2.24. The van der Waals surface area contributed by atoms with Crippen LogP contribution in [0, 0.1) is 0 Å². The Morgan fingerprint density at radius 1 is 1.24 bits per heavy atom. The van der Waals surface area contributed by atoms with E-state index in [2.05, 4.69) is 12.4 Å². The van der Waals surface area contributed by atoms with Gasteiger partial charge in [-0.1, -0.05) is 0 Å². The van der Waals surface area contributed by atoms with Crippen molar-refractivity contribution in [2.45, 2.75) is 91.0 Å². The Morgan fingerprint density at radius 2 is 1.86 bits per heavy atom. The molecule has 0 saturated carbocycles. The SMILES string of the molecule is CC(CC1CCCN1C(=O)OC(C)(C)C)NOC(C)(C)C. The maximum Gasteiger partial charge on any atom is 0.410 e. The van der Waals surface area contributed by atoms with Gasteiger partial charge >= 0.3 is 6.09 Å². The summed E-state index contributed by atoms with van der Waals surface area (Å²) in [5, 5.41) is 0. The van der Waals surface area contributed by atoms with Crippen molar-refractivity contribution >= 4 is 6.09 Å². The predicted molar refractivity (Wildman–Crippen MR) is 84.0 cm³/mol. The molecule has 0 spiro atoms. The first kappa shape index (κ1) is 18.2. The lowest BCUT2D eigenvalue weighted by molar-refractivity contribution is -0.0889. The van der Waals surface area contributed by atoms with Crippen LogP contribution in [0.5, 0.6) is 0 Å². The highest BCUT2D eigenvalue weighted by Gasteiger charge is 2.33. The Balaban J connectivity index is 2.48. The number of nitrogens with zero attached hydrogens (tertiary/aromatic N) is 1. The monoisotopic (exact) mass is 300 g/mol. The van der Waals surface area contributed by atoms with Gasteiger partial charge in [0.15, 0.2) is 0 Å². The van der Waals surface area contributed by atoms with Crippen molar-refractivity contribution in [3.63, 3.8) is 0 Å². The third-order valence-electron chi connectivity index (χ3n) is 3.20. The summed E-state index contributed by atoms with van der Waals surface area (Å²) in [6, 6.07) is 0.420. The van der Waals surface area contributed by atoms with Crippen molar-refractivity contribution < 1.29 is 14.4 Å². The second-order valence-electron chi connectivity index (χ2n) is 7.94. The average Bonchev–Trinajstić information content (AvgIpc) is 2.71. The maximum atomic E-state index is 12.2. The fraction of sp³-hybridized carbons (Fsp3) is 0.938. The molecule has 1 amide bonds. The summed E-state index contributed by atoms with van der Waals surface area (Å²) in [6.07, 6.45) is 2.74. The number of ether oxygens (including phenoxy) is 1. The summed E-state index contributed by atoms with van der Waals surface area (Å²) < 4.78 is 5.48. The van der Waals surface area contributed by atoms with Crippen LogP contribution >= 0.6 is 0 Å². The average molecular weight is 300 g/mol. The lowest BCUT2D eigenvalue weighted by Gasteiger charge is -2.30. The van der Waals surface area contributed by atoms with Crippen LogP contribution in [0.2, 0.25) is 0 Å². The number of carbonyl (C=O) groups excluding carboxylic acids is 1. The zero-order valence-electron chi connectivity index (χ0n) is 14.7. The Bertz CT molecular complexity index is 344. The topological polar surface area (TPSA) is 50.8 Å². The molecule has 124 valence electrons. The molecule has 1 fully saturated rings. The summed E-state index contributed by atoms with van der Waals surface area (Å²) in [7, 11) is 0. The molecule has 0 radical (unpaired) electrons. The van der Waals surface area contributed by atoms with E-state index in [-0.39, 0.29) is 23.8 Å². The summed E-state index contributed by atoms with van der Waals surface area (Å²) in [4.78, 5) is 19.7. The van der Waals surface area contributed by atoms with Gasteiger partial charge in [-0.15, -0.1) is 0 Å². The molecule has 0 bridgehead atoms. The lowest BCUT2D eigenvalue weighted by atomic mass is 10.1. The van der Waals surface area contributed by atoms with E-state index in [1.807, 2.05) is 46.4 Å². The number of carbonyl (C=O) groups is 1. The van der Waals surface area contributed by atoms with E-state index in [0.29, 0.717) is 0 Å². The fourth-order valence-corrected chi connectivity index (χ4v) is 2.38. The third kappa shape index (κ3) is 7.14. The van der Waals surface area contributed by atoms with E-state index in [4.69, 9.17) is 9.57 Å². The van der Waals surface area contributed by atoms with Gasteiger partial charge in [0.1, 0.15) is 5.60 Å². The molecular formula is C16H32N2O3. The van der Waals surface area contributed by atoms with Gasteiger partial charge in [0.2, 0.25) is 0 Å². The number of hydroxylamine groups is 1. The Hall–Kier alpha value is -0.810. The maximum absolute atomic E-state index is 12.2. The first-order valence-corrected chi connectivity index (χ1v) is 7.91. The Kier molecular flexibility index (Phi) is 6.05. The van der Waals surface area contributed by atoms with Gasteiger partial charge in [-0.3, -0.25) is 4.84 Å². The highest BCUT2D eigenvalue weighted by molar-refractivity contribution is 5.68. The molecular weight excluding hydrogens is 268 g/mol. The van der Waals surface area contributed by atoms with Gasteiger partial charge in [-0.25, -0.2) is 4.79 Å². The number of nitrogens with one attached hydrogen (secondary N) is 1. The van der Waals surface area contributed by atoms with Crippen molar-refractivity contribution in [3.05, 3.63) is 0 Å². The molecule has 5 nitrogen and oxygen atoms in total. The molecule has 1 N–H and O–H groups in total. The quantitative estimate of drug-likeness (QED) is 0.808. The number of hydrogen-bond acceptors (Lipinski definition) is 4. The number of likely N-dealkylation sites (tertiary alicyclic amines) is 1. The van der Waals surface area contributed by atoms with Gasteiger partial charge in [-0.05, 0) is 67.7 Å². The molecule has 21 heavy (non-hydrogen) atoms. The van der Waals surface area contributed by atoms with Crippen molar-refractivity contribution in [2.24, 2.45) is 0 Å². The standard InChI is InChI=1S/C16H32N2O3/c1-12(17-21-16(5,6)7)11-13-9-8-10-18(13)14(19)20-15(2,3)4/h12-13,17H,8-11H2,1-7H3. The van der Waals surface area contributed by atoms with Crippen molar-refractivity contribution in [3.8, 4) is 0 Å². The van der Waals surface area contributed by atoms with Gasteiger partial charge in [-0.2, -0.15) is 5.48 Å². The van der Waals surface area contributed by atoms with Crippen LogP contribution in [0.15, 0.2) is 0 Å². The van der Waals surface area contributed by atoms with Crippen LogP contribution in [-0.4, -0.2) is 40.8 Å². The second kappa shape index (κ2) is 6.97. The number of rotatable bonds is 4. The molecule has 5 heteroatoms. The minimum Gasteiger partial charge on any atom is -0.444 e. The minimum absolute atomic E-state index is 0.192. The van der Waals surface area contributed by atoms with Gasteiger partial charge < -0.3 is 9.64 Å². The molecule has 0 aliphatic carbocycles. The molecule has 1 aliphatic rings. The summed E-state index contributed by atoms with van der Waals surface area (Å²) in [6.45, 7) is 14.6. The van der Waals surface area contributed by atoms with Crippen LogP contribution in [0.25, 0.3) is 0 Å². The van der Waals surface area contributed by atoms with Crippen LogP contribution < -0.4 is 5.48 Å². The van der Waals surface area contributed by atoms with Gasteiger partial charge in [0, 0.05) is 18.6 Å². The van der Waals surface area contributed by atoms with E-state index in [9.17, 15) is 4.79 Å². The van der Waals surface area contributed by atoms with E-state index in [1.165, 1.54) is 0 Å². The zero-order chi connectivity index (χ0) is 16.3. The molecule has 1 rings (SSSR count). The summed E-state index contributed by atoms with van der Waals surface area (Å²) >= 11 is 0. The summed E-state index contributed by atoms with van der Waals surface area (Å²) in [5.74, 6) is 0. The van der Waals surface area contributed by atoms with Gasteiger partial charge in [0.05, 0.1) is 5.60 Å². The summed E-state index contributed by atoms with van der Waals surface area (Å²) in [5.41, 5.74) is 2.42. The van der Waals surface area contributed by atoms with Gasteiger partial charge in [0.25, 0.3) is 0 Å². The Labute approximate surface area is 129 Å². The van der Waals surface area contributed by atoms with Crippen molar-refractivity contribution in [1.29, 1.82) is 0 Å².